The number of nitrogen functional groups attached to an aromatic ring is 1. The van der Waals surface area contributed by atoms with Crippen LogP contribution in [0, 0.1) is 6.92 Å². The Morgan fingerprint density at radius 3 is 2.67 bits per heavy atom. The third kappa shape index (κ3) is 4.69. The number of ether oxygens (including phenoxy) is 1. The molecule has 0 aliphatic heterocycles. The van der Waals surface area contributed by atoms with E-state index in [1.54, 1.807) is 12.1 Å². The first-order valence-electron chi connectivity index (χ1n) is 7.46. The van der Waals surface area contributed by atoms with E-state index in [4.69, 9.17) is 10.5 Å². The monoisotopic (exact) mass is 312 g/mol. The molecule has 0 spiro atoms. The normalized spacial score (nSPS) is 17.0. The van der Waals surface area contributed by atoms with Crippen LogP contribution in [0.15, 0.2) is 23.1 Å². The standard InChI is InChI=1S/C15H24N2O3S/c1-12-7-8-15(14(16)11-12)21(18,19)17-9-10-20-13-5-3-2-4-6-13/h7-8,11,13,17H,2-6,9-10,16H2,1H3. The highest BCUT2D eigenvalue weighted by Crippen LogP contribution is 2.21. The highest BCUT2D eigenvalue weighted by atomic mass is 32.2. The van der Waals surface area contributed by atoms with Crippen LogP contribution < -0.4 is 10.5 Å². The summed E-state index contributed by atoms with van der Waals surface area (Å²) >= 11 is 0. The smallest absolute Gasteiger partial charge is 0.242 e. The van der Waals surface area contributed by atoms with Crippen LogP contribution in [0.5, 0.6) is 0 Å². The molecule has 5 nitrogen and oxygen atoms in total. The Bertz CT molecular complexity index is 566. The predicted molar refractivity (Wildman–Crippen MR) is 83.6 cm³/mol. The first kappa shape index (κ1) is 16.3. The molecule has 3 N–H and O–H groups in total. The van der Waals surface area contributed by atoms with Crippen LogP contribution in [0.3, 0.4) is 0 Å². The number of benzene rings is 1. The van der Waals surface area contributed by atoms with E-state index in [1.807, 2.05) is 6.92 Å². The lowest BCUT2D eigenvalue weighted by molar-refractivity contribution is 0.0321. The molecule has 0 aromatic heterocycles. The number of hydrogen-bond acceptors (Lipinski definition) is 4. The Morgan fingerprint density at radius 2 is 2.00 bits per heavy atom. The number of anilines is 1. The van der Waals surface area contributed by atoms with Gasteiger partial charge in [0.2, 0.25) is 10.0 Å². The van der Waals surface area contributed by atoms with Crippen LogP contribution in [-0.4, -0.2) is 27.7 Å². The summed E-state index contributed by atoms with van der Waals surface area (Å²) < 4.78 is 32.6. The van der Waals surface area contributed by atoms with E-state index < -0.39 is 10.0 Å². The molecule has 1 aliphatic rings. The summed E-state index contributed by atoms with van der Waals surface area (Å²) in [6.07, 6.45) is 6.13. The molecule has 6 heteroatoms. The SMILES string of the molecule is Cc1ccc(S(=O)(=O)NCCOC2CCCCC2)c(N)c1. The number of sulfonamides is 1. The van der Waals surface area contributed by atoms with Crippen LogP contribution in [-0.2, 0) is 14.8 Å². The molecule has 0 atom stereocenters. The molecule has 0 heterocycles. The minimum atomic E-state index is -3.57. The summed E-state index contributed by atoms with van der Waals surface area (Å²) in [5.41, 5.74) is 6.99. The highest BCUT2D eigenvalue weighted by Gasteiger charge is 2.18. The second kappa shape index (κ2) is 7.24. The van der Waals surface area contributed by atoms with Gasteiger partial charge >= 0.3 is 0 Å². The largest absolute Gasteiger partial charge is 0.398 e. The van der Waals surface area contributed by atoms with E-state index in [9.17, 15) is 8.42 Å². The average Bonchev–Trinajstić information content (AvgIpc) is 2.44. The molecular weight excluding hydrogens is 288 g/mol. The predicted octanol–water partition coefficient (Wildman–Crippen LogP) is 2.20. The van der Waals surface area contributed by atoms with Crippen molar-refractivity contribution in [2.75, 3.05) is 18.9 Å². The van der Waals surface area contributed by atoms with Crippen molar-refractivity contribution < 1.29 is 13.2 Å². The first-order valence-corrected chi connectivity index (χ1v) is 8.95. The van der Waals surface area contributed by atoms with Crippen LogP contribution in [0.4, 0.5) is 5.69 Å². The fourth-order valence-electron chi connectivity index (χ4n) is 2.62. The summed E-state index contributed by atoms with van der Waals surface area (Å²) in [7, 11) is -3.57. The zero-order valence-electron chi connectivity index (χ0n) is 12.5. The lowest BCUT2D eigenvalue weighted by Gasteiger charge is -2.22. The van der Waals surface area contributed by atoms with Gasteiger partial charge in [0.1, 0.15) is 4.90 Å². The molecular formula is C15H24N2O3S. The van der Waals surface area contributed by atoms with Crippen molar-refractivity contribution in [1.29, 1.82) is 0 Å². The first-order chi connectivity index (χ1) is 9.99. The number of nitrogens with one attached hydrogen (secondary N) is 1. The second-order valence-corrected chi connectivity index (χ2v) is 7.31. The fourth-order valence-corrected chi connectivity index (χ4v) is 3.75. The van der Waals surface area contributed by atoms with Gasteiger partial charge in [-0.25, -0.2) is 13.1 Å². The van der Waals surface area contributed by atoms with Gasteiger partial charge in [-0.15, -0.1) is 0 Å². The maximum atomic E-state index is 12.2. The molecule has 21 heavy (non-hydrogen) atoms. The quantitative estimate of drug-likeness (QED) is 0.623. The number of hydrogen-bond donors (Lipinski definition) is 2. The highest BCUT2D eigenvalue weighted by molar-refractivity contribution is 7.89. The summed E-state index contributed by atoms with van der Waals surface area (Å²) in [5.74, 6) is 0. The summed E-state index contributed by atoms with van der Waals surface area (Å²) in [5, 5.41) is 0. The van der Waals surface area contributed by atoms with E-state index in [-0.39, 0.29) is 23.2 Å². The van der Waals surface area contributed by atoms with Crippen LogP contribution in [0.2, 0.25) is 0 Å². The van der Waals surface area contributed by atoms with Crippen molar-refractivity contribution in [2.45, 2.75) is 50.0 Å². The average molecular weight is 312 g/mol. The molecule has 0 bridgehead atoms. The van der Waals surface area contributed by atoms with Gasteiger partial charge in [-0.1, -0.05) is 25.3 Å². The van der Waals surface area contributed by atoms with Crippen LogP contribution in [0.25, 0.3) is 0 Å². The topological polar surface area (TPSA) is 81.4 Å². The molecule has 1 aliphatic carbocycles. The number of aryl methyl sites for hydroxylation is 1. The third-order valence-corrected chi connectivity index (χ3v) is 5.29. The second-order valence-electron chi connectivity index (χ2n) is 5.57. The molecule has 1 saturated carbocycles. The van der Waals surface area contributed by atoms with Gasteiger partial charge in [0.25, 0.3) is 0 Å². The van der Waals surface area contributed by atoms with Crippen LogP contribution in [0.1, 0.15) is 37.7 Å². The van der Waals surface area contributed by atoms with Gasteiger partial charge in [0, 0.05) is 6.54 Å². The van der Waals surface area contributed by atoms with Crippen molar-refractivity contribution in [2.24, 2.45) is 0 Å². The maximum Gasteiger partial charge on any atom is 0.242 e. The molecule has 0 radical (unpaired) electrons. The third-order valence-electron chi connectivity index (χ3n) is 3.75. The lowest BCUT2D eigenvalue weighted by atomic mass is 9.98. The Morgan fingerprint density at radius 1 is 1.29 bits per heavy atom. The molecule has 0 saturated heterocycles. The number of rotatable bonds is 6. The van der Waals surface area contributed by atoms with Gasteiger partial charge in [-0.3, -0.25) is 0 Å². The van der Waals surface area contributed by atoms with Gasteiger partial charge < -0.3 is 10.5 Å². The summed E-state index contributed by atoms with van der Waals surface area (Å²) in [6, 6.07) is 4.94. The molecule has 1 aromatic rings. The molecule has 0 amide bonds. The van der Waals surface area contributed by atoms with Gasteiger partial charge in [0.05, 0.1) is 18.4 Å². The maximum absolute atomic E-state index is 12.2. The van der Waals surface area contributed by atoms with Crippen molar-refractivity contribution >= 4 is 15.7 Å². The Hall–Kier alpha value is -1.11. The minimum Gasteiger partial charge on any atom is -0.398 e. The zero-order valence-corrected chi connectivity index (χ0v) is 13.3. The lowest BCUT2D eigenvalue weighted by Crippen LogP contribution is -2.30. The summed E-state index contributed by atoms with van der Waals surface area (Å²) in [4.78, 5) is 0.130. The number of nitrogens with two attached hydrogens (primary N) is 1. The molecule has 118 valence electrons. The molecule has 2 rings (SSSR count). The van der Waals surface area contributed by atoms with E-state index in [0.717, 1.165) is 18.4 Å². The van der Waals surface area contributed by atoms with E-state index in [2.05, 4.69) is 4.72 Å². The van der Waals surface area contributed by atoms with E-state index in [0.29, 0.717) is 6.61 Å². The zero-order chi connectivity index (χ0) is 15.3. The van der Waals surface area contributed by atoms with Gasteiger partial charge in [0.15, 0.2) is 0 Å². The Kier molecular flexibility index (Phi) is 5.61. The van der Waals surface area contributed by atoms with E-state index in [1.165, 1.54) is 25.3 Å². The van der Waals surface area contributed by atoms with Gasteiger partial charge in [-0.05, 0) is 37.5 Å². The Balaban J connectivity index is 1.83. The van der Waals surface area contributed by atoms with Crippen molar-refractivity contribution in [3.63, 3.8) is 0 Å². The van der Waals surface area contributed by atoms with Gasteiger partial charge in [-0.2, -0.15) is 0 Å². The molecule has 1 fully saturated rings. The summed E-state index contributed by atoms with van der Waals surface area (Å²) in [6.45, 7) is 2.54. The van der Waals surface area contributed by atoms with Crippen molar-refractivity contribution in [3.8, 4) is 0 Å². The van der Waals surface area contributed by atoms with E-state index >= 15 is 0 Å². The van der Waals surface area contributed by atoms with Crippen molar-refractivity contribution in [3.05, 3.63) is 23.8 Å². The van der Waals surface area contributed by atoms with Crippen LogP contribution >= 0.6 is 0 Å². The molecule has 0 unspecified atom stereocenters. The fraction of sp³-hybridized carbons (Fsp3) is 0.600. The van der Waals surface area contributed by atoms with Crippen molar-refractivity contribution in [1.82, 2.24) is 4.72 Å². The minimum absolute atomic E-state index is 0.130. The molecule has 1 aromatic carbocycles. The Labute approximate surface area is 126 Å².